The fraction of sp³-hybridized carbons (Fsp3) is 0.909. The third-order valence-electron chi connectivity index (χ3n) is 2.51. The van der Waals surface area contributed by atoms with Crippen molar-refractivity contribution in [3.8, 4) is 0 Å². The Morgan fingerprint density at radius 3 is 2.47 bits per heavy atom. The van der Waals surface area contributed by atoms with Crippen molar-refractivity contribution in [1.82, 2.24) is 4.90 Å². The molecule has 3 nitrogen and oxygen atoms in total. The van der Waals surface area contributed by atoms with Crippen LogP contribution in [-0.2, 0) is 9.53 Å². The molecular formula is C11H20BrNO2. The lowest BCUT2D eigenvalue weighted by Crippen LogP contribution is -2.38. The van der Waals surface area contributed by atoms with Crippen LogP contribution in [0.15, 0.2) is 0 Å². The highest BCUT2D eigenvalue weighted by Crippen LogP contribution is 2.28. The van der Waals surface area contributed by atoms with E-state index in [0.717, 1.165) is 13.1 Å². The largest absolute Gasteiger partial charge is 0.468 e. The summed E-state index contributed by atoms with van der Waals surface area (Å²) in [6, 6.07) is 0.692. The Bertz CT molecular complexity index is 217. The zero-order valence-electron chi connectivity index (χ0n) is 9.70. The summed E-state index contributed by atoms with van der Waals surface area (Å²) in [5.74, 6) is 0.465. The maximum absolute atomic E-state index is 11.3. The second-order valence-electron chi connectivity index (χ2n) is 4.57. The van der Waals surface area contributed by atoms with Crippen LogP contribution in [0.5, 0.6) is 0 Å². The van der Waals surface area contributed by atoms with Gasteiger partial charge in [-0.2, -0.15) is 0 Å². The molecule has 1 fully saturated rings. The van der Waals surface area contributed by atoms with Gasteiger partial charge in [0, 0.05) is 19.1 Å². The van der Waals surface area contributed by atoms with E-state index in [4.69, 9.17) is 4.74 Å². The fourth-order valence-corrected chi connectivity index (χ4v) is 2.25. The molecule has 1 rings (SSSR count). The number of carbonyl (C=O) groups excluding carboxylic acids is 1. The van der Waals surface area contributed by atoms with Crippen LogP contribution in [0.1, 0.15) is 26.7 Å². The summed E-state index contributed by atoms with van der Waals surface area (Å²) in [6.07, 6.45) is 2.54. The van der Waals surface area contributed by atoms with Gasteiger partial charge in [0.1, 0.15) is 4.83 Å². The van der Waals surface area contributed by atoms with Crippen molar-refractivity contribution in [3.63, 3.8) is 0 Å². The van der Waals surface area contributed by atoms with E-state index in [9.17, 15) is 4.79 Å². The van der Waals surface area contributed by atoms with Crippen molar-refractivity contribution >= 4 is 21.9 Å². The average Bonchev–Trinajstić information content (AvgIpc) is 2.97. The van der Waals surface area contributed by atoms with E-state index >= 15 is 0 Å². The van der Waals surface area contributed by atoms with Gasteiger partial charge >= 0.3 is 5.97 Å². The molecule has 0 spiro atoms. The Morgan fingerprint density at radius 1 is 1.47 bits per heavy atom. The standard InChI is InChI=1S/C11H20BrNO2/c1-8(2)6-13(9-4-5-9)7-10(12)11(14)15-3/h8-10H,4-7H2,1-3H3. The zero-order valence-corrected chi connectivity index (χ0v) is 11.3. The lowest BCUT2D eigenvalue weighted by Gasteiger charge is -2.25. The van der Waals surface area contributed by atoms with Crippen molar-refractivity contribution in [2.75, 3.05) is 20.2 Å². The van der Waals surface area contributed by atoms with Crippen LogP contribution >= 0.6 is 15.9 Å². The maximum atomic E-state index is 11.3. The number of halogens is 1. The summed E-state index contributed by atoms with van der Waals surface area (Å²) in [5, 5.41) is 0. The van der Waals surface area contributed by atoms with Gasteiger partial charge in [-0.1, -0.05) is 29.8 Å². The summed E-state index contributed by atoms with van der Waals surface area (Å²) in [4.78, 5) is 13.5. The van der Waals surface area contributed by atoms with Crippen LogP contribution in [0.25, 0.3) is 0 Å². The summed E-state index contributed by atoms with van der Waals surface area (Å²) >= 11 is 3.37. The molecule has 0 N–H and O–H groups in total. The van der Waals surface area contributed by atoms with E-state index in [0.29, 0.717) is 12.0 Å². The van der Waals surface area contributed by atoms with E-state index in [-0.39, 0.29) is 10.8 Å². The summed E-state index contributed by atoms with van der Waals surface area (Å²) in [6.45, 7) is 6.23. The molecule has 1 atom stereocenters. The van der Waals surface area contributed by atoms with Gasteiger partial charge in [-0.15, -0.1) is 0 Å². The van der Waals surface area contributed by atoms with Crippen LogP contribution in [0.2, 0.25) is 0 Å². The Hall–Kier alpha value is -0.0900. The molecular weight excluding hydrogens is 258 g/mol. The molecule has 15 heavy (non-hydrogen) atoms. The van der Waals surface area contributed by atoms with Crippen LogP contribution in [-0.4, -0.2) is 41.9 Å². The van der Waals surface area contributed by atoms with Crippen molar-refractivity contribution in [2.24, 2.45) is 5.92 Å². The van der Waals surface area contributed by atoms with Gasteiger partial charge in [0.05, 0.1) is 7.11 Å². The molecule has 0 amide bonds. The van der Waals surface area contributed by atoms with Crippen molar-refractivity contribution in [1.29, 1.82) is 0 Å². The number of alkyl halides is 1. The topological polar surface area (TPSA) is 29.5 Å². The van der Waals surface area contributed by atoms with Gasteiger partial charge in [0.15, 0.2) is 0 Å². The van der Waals surface area contributed by atoms with Crippen LogP contribution in [0.3, 0.4) is 0 Å². The Kier molecular flexibility index (Phi) is 5.06. The number of hydrogen-bond donors (Lipinski definition) is 0. The Morgan fingerprint density at radius 2 is 2.07 bits per heavy atom. The van der Waals surface area contributed by atoms with E-state index < -0.39 is 0 Å². The first-order valence-corrected chi connectivity index (χ1v) is 6.42. The monoisotopic (exact) mass is 277 g/mol. The number of ether oxygens (including phenoxy) is 1. The minimum absolute atomic E-state index is 0.176. The van der Waals surface area contributed by atoms with Gasteiger partial charge in [0.25, 0.3) is 0 Å². The first-order valence-electron chi connectivity index (χ1n) is 5.50. The number of carbonyl (C=O) groups is 1. The van der Waals surface area contributed by atoms with Crippen LogP contribution in [0.4, 0.5) is 0 Å². The SMILES string of the molecule is COC(=O)C(Br)CN(CC(C)C)C1CC1. The molecule has 0 aromatic heterocycles. The summed E-state index contributed by atoms with van der Waals surface area (Å²) in [5.41, 5.74) is 0. The lowest BCUT2D eigenvalue weighted by molar-refractivity contribution is -0.140. The summed E-state index contributed by atoms with van der Waals surface area (Å²) in [7, 11) is 1.43. The molecule has 1 aliphatic carbocycles. The molecule has 0 bridgehead atoms. The second kappa shape index (κ2) is 5.85. The molecule has 0 radical (unpaired) electrons. The number of esters is 1. The molecule has 0 aliphatic heterocycles. The fourth-order valence-electron chi connectivity index (χ4n) is 1.69. The van der Waals surface area contributed by atoms with Crippen molar-refractivity contribution in [2.45, 2.75) is 37.6 Å². The van der Waals surface area contributed by atoms with Crippen LogP contribution < -0.4 is 0 Å². The molecule has 0 heterocycles. The predicted octanol–water partition coefficient (Wildman–Crippen LogP) is 2.04. The van der Waals surface area contributed by atoms with Gasteiger partial charge < -0.3 is 4.74 Å². The molecule has 1 unspecified atom stereocenters. The highest BCUT2D eigenvalue weighted by atomic mass is 79.9. The molecule has 1 aliphatic rings. The Labute approximate surface area is 100 Å². The van der Waals surface area contributed by atoms with E-state index in [1.807, 2.05) is 0 Å². The maximum Gasteiger partial charge on any atom is 0.320 e. The minimum Gasteiger partial charge on any atom is -0.468 e. The van der Waals surface area contributed by atoms with Gasteiger partial charge in [-0.3, -0.25) is 9.69 Å². The van der Waals surface area contributed by atoms with Crippen molar-refractivity contribution in [3.05, 3.63) is 0 Å². The van der Waals surface area contributed by atoms with Gasteiger partial charge in [-0.25, -0.2) is 0 Å². The molecule has 88 valence electrons. The highest BCUT2D eigenvalue weighted by molar-refractivity contribution is 9.10. The van der Waals surface area contributed by atoms with Crippen LogP contribution in [0, 0.1) is 5.92 Å². The molecule has 0 aromatic rings. The number of rotatable bonds is 6. The third-order valence-corrected chi connectivity index (χ3v) is 3.18. The predicted molar refractivity (Wildman–Crippen MR) is 64.2 cm³/mol. The minimum atomic E-state index is -0.193. The lowest BCUT2D eigenvalue weighted by atomic mass is 10.2. The molecule has 4 heteroatoms. The molecule has 0 saturated heterocycles. The van der Waals surface area contributed by atoms with Gasteiger partial charge in [0.2, 0.25) is 0 Å². The normalized spacial score (nSPS) is 18.3. The number of hydrogen-bond acceptors (Lipinski definition) is 3. The average molecular weight is 278 g/mol. The number of methoxy groups -OCH3 is 1. The third kappa shape index (κ3) is 4.51. The summed E-state index contributed by atoms with van der Waals surface area (Å²) < 4.78 is 4.71. The Balaban J connectivity index is 2.39. The second-order valence-corrected chi connectivity index (χ2v) is 5.67. The smallest absolute Gasteiger partial charge is 0.320 e. The quantitative estimate of drug-likeness (QED) is 0.550. The highest BCUT2D eigenvalue weighted by Gasteiger charge is 2.32. The molecule has 1 saturated carbocycles. The first kappa shape index (κ1) is 13.0. The van der Waals surface area contributed by atoms with E-state index in [1.54, 1.807) is 0 Å². The first-order chi connectivity index (χ1) is 7.04. The van der Waals surface area contributed by atoms with Gasteiger partial charge in [-0.05, 0) is 18.8 Å². The van der Waals surface area contributed by atoms with E-state index in [1.165, 1.54) is 20.0 Å². The number of nitrogens with zero attached hydrogens (tertiary/aromatic N) is 1. The van der Waals surface area contributed by atoms with E-state index in [2.05, 4.69) is 34.7 Å². The zero-order chi connectivity index (χ0) is 11.4. The van der Waals surface area contributed by atoms with Crippen molar-refractivity contribution < 1.29 is 9.53 Å². The molecule has 0 aromatic carbocycles.